The number of likely N-dealkylation sites (N-methyl/N-ethyl adjacent to an activating group) is 1. The Balaban J connectivity index is 1.54. The van der Waals surface area contributed by atoms with Crippen molar-refractivity contribution in [3.63, 3.8) is 0 Å². The van der Waals surface area contributed by atoms with Crippen molar-refractivity contribution in [3.8, 4) is 11.5 Å². The first-order chi connectivity index (χ1) is 12.2. The van der Waals surface area contributed by atoms with Gasteiger partial charge in [-0.2, -0.15) is 4.98 Å². The second-order valence-corrected chi connectivity index (χ2v) is 6.29. The molecule has 0 aromatic carbocycles. The molecule has 1 amide bonds. The maximum absolute atomic E-state index is 12.2. The molecular formula is C18H25N5O2. The van der Waals surface area contributed by atoms with Gasteiger partial charge in [0.15, 0.2) is 0 Å². The first-order valence-corrected chi connectivity index (χ1v) is 8.96. The Morgan fingerprint density at radius 3 is 2.68 bits per heavy atom. The zero-order valence-electron chi connectivity index (χ0n) is 14.9. The zero-order chi connectivity index (χ0) is 17.6. The lowest BCUT2D eigenvalue weighted by Crippen LogP contribution is -2.43. The first-order valence-electron chi connectivity index (χ1n) is 8.96. The summed E-state index contributed by atoms with van der Waals surface area (Å²) in [5.41, 5.74) is 0.722. The highest BCUT2D eigenvalue weighted by atomic mass is 16.5. The van der Waals surface area contributed by atoms with Gasteiger partial charge in [-0.25, -0.2) is 0 Å². The van der Waals surface area contributed by atoms with E-state index in [0.29, 0.717) is 18.3 Å². The predicted molar refractivity (Wildman–Crippen MR) is 93.9 cm³/mol. The number of aromatic nitrogens is 3. The van der Waals surface area contributed by atoms with Crippen molar-refractivity contribution in [2.45, 2.75) is 32.6 Å². The van der Waals surface area contributed by atoms with Gasteiger partial charge in [-0.3, -0.25) is 14.7 Å². The van der Waals surface area contributed by atoms with E-state index in [0.717, 1.165) is 44.7 Å². The van der Waals surface area contributed by atoms with E-state index in [1.807, 2.05) is 36.9 Å². The van der Waals surface area contributed by atoms with E-state index >= 15 is 0 Å². The van der Waals surface area contributed by atoms with Gasteiger partial charge in [0.2, 0.25) is 17.6 Å². The number of nitrogens with zero attached hydrogens (tertiary/aromatic N) is 5. The van der Waals surface area contributed by atoms with Gasteiger partial charge in [-0.05, 0) is 51.9 Å². The Bertz CT molecular complexity index is 676. The molecule has 0 aliphatic carbocycles. The third-order valence-electron chi connectivity index (χ3n) is 4.75. The smallest absolute Gasteiger partial charge is 0.236 e. The summed E-state index contributed by atoms with van der Waals surface area (Å²) in [6, 6.07) is 5.64. The highest BCUT2D eigenvalue weighted by Gasteiger charge is 2.27. The molecule has 0 N–H and O–H groups in total. The predicted octanol–water partition coefficient (Wildman–Crippen LogP) is 2.18. The lowest BCUT2D eigenvalue weighted by Gasteiger charge is -2.31. The standard InChI is InChI=1S/C18H25N5O2/c1-3-23(4-2)16(24)13-22-11-8-14(9-12-22)18-20-17(21-25-18)15-7-5-6-10-19-15/h5-7,10,14H,3-4,8-9,11-13H2,1-2H3. The summed E-state index contributed by atoms with van der Waals surface area (Å²) < 4.78 is 5.45. The Labute approximate surface area is 148 Å². The minimum atomic E-state index is 0.207. The van der Waals surface area contributed by atoms with Gasteiger partial charge < -0.3 is 9.42 Å². The molecule has 0 spiro atoms. The molecule has 0 atom stereocenters. The van der Waals surface area contributed by atoms with Crippen LogP contribution in [0, 0.1) is 0 Å². The molecule has 0 unspecified atom stereocenters. The van der Waals surface area contributed by atoms with Gasteiger partial charge in [0, 0.05) is 25.2 Å². The van der Waals surface area contributed by atoms with Crippen molar-refractivity contribution in [1.82, 2.24) is 24.9 Å². The van der Waals surface area contributed by atoms with Crippen LogP contribution in [0.5, 0.6) is 0 Å². The molecule has 1 saturated heterocycles. The fourth-order valence-corrected chi connectivity index (χ4v) is 3.21. The van der Waals surface area contributed by atoms with E-state index in [2.05, 4.69) is 20.0 Å². The summed E-state index contributed by atoms with van der Waals surface area (Å²) in [5, 5.41) is 4.05. The molecule has 0 saturated carbocycles. The topological polar surface area (TPSA) is 75.4 Å². The molecule has 3 rings (SSSR count). The number of hydrogen-bond acceptors (Lipinski definition) is 6. The molecule has 1 fully saturated rings. The van der Waals surface area contributed by atoms with Gasteiger partial charge in [0.1, 0.15) is 5.69 Å². The highest BCUT2D eigenvalue weighted by molar-refractivity contribution is 5.78. The van der Waals surface area contributed by atoms with Crippen LogP contribution in [-0.2, 0) is 4.79 Å². The number of hydrogen-bond donors (Lipinski definition) is 0. The van der Waals surface area contributed by atoms with Crippen LogP contribution < -0.4 is 0 Å². The normalized spacial score (nSPS) is 16.1. The number of carbonyl (C=O) groups is 1. The molecule has 7 heteroatoms. The van der Waals surface area contributed by atoms with E-state index in [1.165, 1.54) is 0 Å². The van der Waals surface area contributed by atoms with Crippen LogP contribution in [0.2, 0.25) is 0 Å². The van der Waals surface area contributed by atoms with Crippen LogP contribution in [0.1, 0.15) is 38.5 Å². The number of likely N-dealkylation sites (tertiary alicyclic amines) is 1. The van der Waals surface area contributed by atoms with Gasteiger partial charge in [-0.15, -0.1) is 0 Å². The summed E-state index contributed by atoms with van der Waals surface area (Å²) in [5.74, 6) is 1.67. The van der Waals surface area contributed by atoms with Crippen LogP contribution >= 0.6 is 0 Å². The summed E-state index contributed by atoms with van der Waals surface area (Å²) in [6.45, 7) is 7.81. The lowest BCUT2D eigenvalue weighted by atomic mass is 9.97. The first kappa shape index (κ1) is 17.5. The molecule has 2 aromatic rings. The van der Waals surface area contributed by atoms with Crippen LogP contribution in [0.15, 0.2) is 28.9 Å². The Morgan fingerprint density at radius 2 is 2.04 bits per heavy atom. The van der Waals surface area contributed by atoms with Gasteiger partial charge in [0.25, 0.3) is 0 Å². The van der Waals surface area contributed by atoms with E-state index in [9.17, 15) is 4.79 Å². The molecule has 3 heterocycles. The zero-order valence-corrected chi connectivity index (χ0v) is 14.9. The fraction of sp³-hybridized carbons (Fsp3) is 0.556. The Hall–Kier alpha value is -2.28. The van der Waals surface area contributed by atoms with Gasteiger partial charge >= 0.3 is 0 Å². The average Bonchev–Trinajstić information content (AvgIpc) is 3.14. The summed E-state index contributed by atoms with van der Waals surface area (Å²) in [6.07, 6.45) is 3.57. The molecule has 7 nitrogen and oxygen atoms in total. The SMILES string of the molecule is CCN(CC)C(=O)CN1CCC(c2nc(-c3ccccn3)no2)CC1. The van der Waals surface area contributed by atoms with Gasteiger partial charge in [-0.1, -0.05) is 11.2 Å². The second-order valence-electron chi connectivity index (χ2n) is 6.29. The van der Waals surface area contributed by atoms with Crippen molar-refractivity contribution < 1.29 is 9.32 Å². The lowest BCUT2D eigenvalue weighted by molar-refractivity contribution is -0.132. The monoisotopic (exact) mass is 343 g/mol. The van der Waals surface area contributed by atoms with Crippen molar-refractivity contribution >= 4 is 5.91 Å². The minimum Gasteiger partial charge on any atom is -0.342 e. The molecule has 134 valence electrons. The Kier molecular flexibility index (Phi) is 5.75. The summed E-state index contributed by atoms with van der Waals surface area (Å²) in [4.78, 5) is 25.1. The van der Waals surface area contributed by atoms with E-state index < -0.39 is 0 Å². The fourth-order valence-electron chi connectivity index (χ4n) is 3.21. The van der Waals surface area contributed by atoms with Crippen LogP contribution in [-0.4, -0.2) is 63.6 Å². The van der Waals surface area contributed by atoms with E-state index in [1.54, 1.807) is 6.20 Å². The molecule has 0 bridgehead atoms. The third-order valence-corrected chi connectivity index (χ3v) is 4.75. The Morgan fingerprint density at radius 1 is 1.28 bits per heavy atom. The largest absolute Gasteiger partial charge is 0.342 e. The molecule has 2 aromatic heterocycles. The average molecular weight is 343 g/mol. The number of pyridine rings is 1. The number of carbonyl (C=O) groups excluding carboxylic acids is 1. The van der Waals surface area contributed by atoms with Crippen LogP contribution in [0.25, 0.3) is 11.5 Å². The molecule has 25 heavy (non-hydrogen) atoms. The van der Waals surface area contributed by atoms with Crippen LogP contribution in [0.3, 0.4) is 0 Å². The molecule has 0 radical (unpaired) electrons. The molecular weight excluding hydrogens is 318 g/mol. The van der Waals surface area contributed by atoms with Crippen molar-refractivity contribution in [2.24, 2.45) is 0 Å². The molecule has 1 aliphatic rings. The van der Waals surface area contributed by atoms with Crippen LogP contribution in [0.4, 0.5) is 0 Å². The summed E-state index contributed by atoms with van der Waals surface area (Å²) >= 11 is 0. The maximum Gasteiger partial charge on any atom is 0.236 e. The van der Waals surface area contributed by atoms with Crippen molar-refractivity contribution in [1.29, 1.82) is 0 Å². The highest BCUT2D eigenvalue weighted by Crippen LogP contribution is 2.28. The van der Waals surface area contributed by atoms with Crippen molar-refractivity contribution in [2.75, 3.05) is 32.7 Å². The minimum absolute atomic E-state index is 0.207. The van der Waals surface area contributed by atoms with E-state index in [-0.39, 0.29) is 11.8 Å². The third kappa shape index (κ3) is 4.22. The summed E-state index contributed by atoms with van der Waals surface area (Å²) in [7, 11) is 0. The maximum atomic E-state index is 12.2. The van der Waals surface area contributed by atoms with Gasteiger partial charge in [0.05, 0.1) is 6.54 Å². The number of piperidine rings is 1. The quantitative estimate of drug-likeness (QED) is 0.800. The number of rotatable bonds is 6. The number of amides is 1. The van der Waals surface area contributed by atoms with Crippen molar-refractivity contribution in [3.05, 3.63) is 30.3 Å². The molecule has 1 aliphatic heterocycles. The van der Waals surface area contributed by atoms with E-state index in [4.69, 9.17) is 4.52 Å². The second kappa shape index (κ2) is 8.20.